The van der Waals surface area contributed by atoms with Crippen LogP contribution in [0.1, 0.15) is 10.4 Å². The normalized spacial score (nSPS) is 9.27. The van der Waals surface area contributed by atoms with Crippen molar-refractivity contribution in [3.8, 4) is 5.75 Å². The third kappa shape index (κ3) is 1.74. The summed E-state index contributed by atoms with van der Waals surface area (Å²) in [6.45, 7) is 0. The maximum atomic E-state index is 10.3. The van der Waals surface area contributed by atoms with E-state index in [4.69, 9.17) is 4.74 Å². The molecule has 0 aliphatic rings. The molecule has 0 saturated carbocycles. The summed E-state index contributed by atoms with van der Waals surface area (Å²) < 4.78 is 4.93. The number of benzene rings is 1. The molecule has 11 heavy (non-hydrogen) atoms. The molecule has 1 aromatic rings. The van der Waals surface area contributed by atoms with Crippen molar-refractivity contribution in [3.05, 3.63) is 23.8 Å². The minimum absolute atomic E-state index is 0.578. The highest BCUT2D eigenvalue weighted by Gasteiger charge is 1.97. The summed E-state index contributed by atoms with van der Waals surface area (Å²) in [5, 5.41) is 0. The zero-order valence-electron chi connectivity index (χ0n) is 6.07. The zero-order chi connectivity index (χ0) is 8.27. The molecule has 1 rings (SSSR count). The van der Waals surface area contributed by atoms with Crippen molar-refractivity contribution in [2.75, 3.05) is 7.11 Å². The Morgan fingerprint density at radius 3 is 2.73 bits per heavy atom. The van der Waals surface area contributed by atoms with Crippen molar-refractivity contribution in [1.82, 2.24) is 0 Å². The minimum Gasteiger partial charge on any atom is -0.497 e. The number of hydrogen-bond donors (Lipinski definition) is 1. The van der Waals surface area contributed by atoms with E-state index in [1.165, 1.54) is 0 Å². The molecule has 3 heteroatoms. The van der Waals surface area contributed by atoms with Gasteiger partial charge in [0, 0.05) is 10.5 Å². The highest BCUT2D eigenvalue weighted by atomic mass is 32.1. The Bertz CT molecular complexity index is 271. The quantitative estimate of drug-likeness (QED) is 0.538. The average Bonchev–Trinajstić information content (AvgIpc) is 2.04. The van der Waals surface area contributed by atoms with E-state index in [-0.39, 0.29) is 0 Å². The van der Waals surface area contributed by atoms with Gasteiger partial charge in [-0.2, -0.15) is 0 Å². The first kappa shape index (κ1) is 8.14. The van der Waals surface area contributed by atoms with Gasteiger partial charge in [-0.15, -0.1) is 12.6 Å². The van der Waals surface area contributed by atoms with E-state index in [0.29, 0.717) is 16.2 Å². The largest absolute Gasteiger partial charge is 0.497 e. The highest BCUT2D eigenvalue weighted by Crippen LogP contribution is 2.18. The maximum Gasteiger partial charge on any atom is 0.151 e. The van der Waals surface area contributed by atoms with Crippen LogP contribution in [0.3, 0.4) is 0 Å². The van der Waals surface area contributed by atoms with Gasteiger partial charge in [0.15, 0.2) is 6.29 Å². The predicted octanol–water partition coefficient (Wildman–Crippen LogP) is 1.80. The molecule has 0 atom stereocenters. The SMILES string of the molecule is COc1ccc(C=O)c(S)c1. The first-order valence-electron chi connectivity index (χ1n) is 3.10. The molecule has 0 aliphatic carbocycles. The molecule has 0 amide bonds. The topological polar surface area (TPSA) is 26.3 Å². The van der Waals surface area contributed by atoms with E-state index in [9.17, 15) is 4.79 Å². The zero-order valence-corrected chi connectivity index (χ0v) is 6.97. The van der Waals surface area contributed by atoms with Gasteiger partial charge in [0.25, 0.3) is 0 Å². The number of aldehydes is 1. The third-order valence-corrected chi connectivity index (χ3v) is 1.75. The third-order valence-electron chi connectivity index (χ3n) is 1.36. The first-order valence-corrected chi connectivity index (χ1v) is 3.55. The van der Waals surface area contributed by atoms with Gasteiger partial charge >= 0.3 is 0 Å². The highest BCUT2D eigenvalue weighted by molar-refractivity contribution is 7.80. The fourth-order valence-corrected chi connectivity index (χ4v) is 1.00. The monoisotopic (exact) mass is 168 g/mol. The van der Waals surface area contributed by atoms with Crippen LogP contribution in [-0.4, -0.2) is 13.4 Å². The molecule has 0 saturated heterocycles. The Labute approximate surface area is 70.6 Å². The van der Waals surface area contributed by atoms with E-state index >= 15 is 0 Å². The molecule has 0 fully saturated rings. The molecule has 0 aliphatic heterocycles. The van der Waals surface area contributed by atoms with Crippen LogP contribution < -0.4 is 4.74 Å². The Morgan fingerprint density at radius 1 is 1.55 bits per heavy atom. The maximum absolute atomic E-state index is 10.3. The van der Waals surface area contributed by atoms with Crippen LogP contribution in [0.25, 0.3) is 0 Å². The van der Waals surface area contributed by atoms with Gasteiger partial charge in [0.2, 0.25) is 0 Å². The molecule has 2 nitrogen and oxygen atoms in total. The van der Waals surface area contributed by atoms with Gasteiger partial charge in [-0.05, 0) is 18.2 Å². The van der Waals surface area contributed by atoms with Crippen LogP contribution in [-0.2, 0) is 0 Å². The van der Waals surface area contributed by atoms with E-state index < -0.39 is 0 Å². The van der Waals surface area contributed by atoms with Gasteiger partial charge in [-0.1, -0.05) is 0 Å². The van der Waals surface area contributed by atoms with Crippen LogP contribution in [0.4, 0.5) is 0 Å². The number of ether oxygens (including phenoxy) is 1. The van der Waals surface area contributed by atoms with Gasteiger partial charge in [0.05, 0.1) is 7.11 Å². The molecule has 58 valence electrons. The fourth-order valence-electron chi connectivity index (χ4n) is 0.750. The van der Waals surface area contributed by atoms with E-state index in [2.05, 4.69) is 12.6 Å². The number of carbonyl (C=O) groups excluding carboxylic acids is 1. The second-order valence-electron chi connectivity index (χ2n) is 2.04. The van der Waals surface area contributed by atoms with Gasteiger partial charge in [-0.3, -0.25) is 4.79 Å². The summed E-state index contributed by atoms with van der Waals surface area (Å²) in [6.07, 6.45) is 0.766. The Hall–Kier alpha value is -0.960. The number of hydrogen-bond acceptors (Lipinski definition) is 3. The molecule has 0 unspecified atom stereocenters. The smallest absolute Gasteiger partial charge is 0.151 e. The number of thiol groups is 1. The van der Waals surface area contributed by atoms with Gasteiger partial charge in [-0.25, -0.2) is 0 Å². The van der Waals surface area contributed by atoms with Crippen molar-refractivity contribution in [3.63, 3.8) is 0 Å². The molecule has 0 aromatic heterocycles. The second-order valence-corrected chi connectivity index (χ2v) is 2.52. The van der Waals surface area contributed by atoms with Crippen molar-refractivity contribution in [2.45, 2.75) is 4.90 Å². The Kier molecular flexibility index (Phi) is 2.54. The molecular formula is C8H8O2S. The van der Waals surface area contributed by atoms with Crippen LogP contribution in [0.15, 0.2) is 23.1 Å². The summed E-state index contributed by atoms with van der Waals surface area (Å²) in [5.41, 5.74) is 0.578. The lowest BCUT2D eigenvalue weighted by atomic mass is 10.2. The number of carbonyl (C=O) groups is 1. The Balaban J connectivity index is 3.09. The van der Waals surface area contributed by atoms with Crippen LogP contribution in [0, 0.1) is 0 Å². The predicted molar refractivity (Wildman–Crippen MR) is 45.6 cm³/mol. The molecule has 1 aromatic carbocycles. The van der Waals surface area contributed by atoms with Crippen molar-refractivity contribution in [2.24, 2.45) is 0 Å². The summed E-state index contributed by atoms with van der Waals surface area (Å²) in [4.78, 5) is 11.0. The van der Waals surface area contributed by atoms with Crippen LogP contribution >= 0.6 is 12.6 Å². The van der Waals surface area contributed by atoms with Gasteiger partial charge in [0.1, 0.15) is 5.75 Å². The summed E-state index contributed by atoms with van der Waals surface area (Å²) >= 11 is 4.09. The fraction of sp³-hybridized carbons (Fsp3) is 0.125. The molecule has 0 spiro atoms. The molecule has 0 bridgehead atoms. The second kappa shape index (κ2) is 3.44. The minimum atomic E-state index is 0.578. The van der Waals surface area contributed by atoms with Crippen molar-refractivity contribution in [1.29, 1.82) is 0 Å². The van der Waals surface area contributed by atoms with Crippen molar-refractivity contribution >= 4 is 18.9 Å². The number of methoxy groups -OCH3 is 1. The summed E-state index contributed by atoms with van der Waals surface area (Å²) in [6, 6.07) is 5.10. The molecule has 0 heterocycles. The Morgan fingerprint density at radius 2 is 2.27 bits per heavy atom. The van der Waals surface area contributed by atoms with Crippen molar-refractivity contribution < 1.29 is 9.53 Å². The van der Waals surface area contributed by atoms with Crippen LogP contribution in [0.2, 0.25) is 0 Å². The molecular weight excluding hydrogens is 160 g/mol. The standard InChI is InChI=1S/C8H8O2S/c1-10-7-3-2-6(5-9)8(11)4-7/h2-5,11H,1H3. The summed E-state index contributed by atoms with van der Waals surface area (Å²) in [5.74, 6) is 0.709. The van der Waals surface area contributed by atoms with Gasteiger partial charge < -0.3 is 4.74 Å². The van der Waals surface area contributed by atoms with E-state index in [0.717, 1.165) is 6.29 Å². The lowest BCUT2D eigenvalue weighted by Gasteiger charge is -2.01. The summed E-state index contributed by atoms with van der Waals surface area (Å²) in [7, 11) is 1.57. The lowest BCUT2D eigenvalue weighted by molar-refractivity contribution is 0.112. The van der Waals surface area contributed by atoms with Crippen LogP contribution in [0.5, 0.6) is 5.75 Å². The molecule has 0 radical (unpaired) electrons. The lowest BCUT2D eigenvalue weighted by Crippen LogP contribution is -1.86. The number of rotatable bonds is 2. The van der Waals surface area contributed by atoms with E-state index in [1.54, 1.807) is 25.3 Å². The molecule has 0 N–H and O–H groups in total. The first-order chi connectivity index (χ1) is 5.27. The average molecular weight is 168 g/mol. The van der Waals surface area contributed by atoms with E-state index in [1.807, 2.05) is 0 Å².